The molecular weight excluding hydrogens is 476 g/mol. The van der Waals surface area contributed by atoms with Crippen LogP contribution in [0.15, 0.2) is 48.0 Å². The molecule has 2 aliphatic heterocycles. The number of methoxy groups -OCH3 is 2. The van der Waals surface area contributed by atoms with Gasteiger partial charge in [0.2, 0.25) is 0 Å². The first kappa shape index (κ1) is 26.5. The number of likely N-dealkylation sites (tertiary alicyclic amines) is 1. The van der Waals surface area contributed by atoms with Gasteiger partial charge in [0, 0.05) is 31.7 Å². The average Bonchev–Trinajstić information content (AvgIpc) is 3.18. The number of hydrogen-bond donors (Lipinski definition) is 1. The second-order valence-electron chi connectivity index (χ2n) is 8.87. The third kappa shape index (κ3) is 5.73. The molecule has 9 heteroatoms. The van der Waals surface area contributed by atoms with Gasteiger partial charge < -0.3 is 29.0 Å². The number of benzene rings is 2. The summed E-state index contributed by atoms with van der Waals surface area (Å²) in [6.45, 7) is 6.69. The maximum Gasteiger partial charge on any atom is 0.295 e. The van der Waals surface area contributed by atoms with Crippen molar-refractivity contribution in [2.75, 3.05) is 60.2 Å². The molecule has 0 aliphatic carbocycles. The van der Waals surface area contributed by atoms with Crippen LogP contribution in [-0.4, -0.2) is 86.8 Å². The third-order valence-corrected chi connectivity index (χ3v) is 6.68. The van der Waals surface area contributed by atoms with E-state index in [1.807, 2.05) is 31.2 Å². The molecule has 1 N–H and O–H groups in total. The van der Waals surface area contributed by atoms with Gasteiger partial charge in [-0.2, -0.15) is 0 Å². The standard InChI is InChI=1S/C28H34N2O7/c1-4-37-21-9-6-19(7-10-21)25-24(26(31)20-8-11-22(34-2)23(18-20)35-3)27(32)28(33)30(25)13-5-12-29-14-16-36-17-15-29/h6-11,18,25,31H,4-5,12-17H2,1-3H3. The number of morpholine rings is 1. The lowest BCUT2D eigenvalue weighted by molar-refractivity contribution is -0.140. The molecule has 2 saturated heterocycles. The van der Waals surface area contributed by atoms with Crippen molar-refractivity contribution in [3.8, 4) is 17.2 Å². The zero-order valence-electron chi connectivity index (χ0n) is 21.6. The number of aliphatic hydroxyl groups excluding tert-OH is 1. The van der Waals surface area contributed by atoms with Crippen LogP contribution >= 0.6 is 0 Å². The zero-order chi connectivity index (χ0) is 26.4. The van der Waals surface area contributed by atoms with Crippen LogP contribution in [-0.2, 0) is 14.3 Å². The Bertz CT molecular complexity index is 1140. The van der Waals surface area contributed by atoms with E-state index in [9.17, 15) is 14.7 Å². The Morgan fingerprint density at radius 1 is 1.00 bits per heavy atom. The molecule has 4 rings (SSSR count). The van der Waals surface area contributed by atoms with E-state index < -0.39 is 17.7 Å². The van der Waals surface area contributed by atoms with Crippen molar-refractivity contribution in [1.82, 2.24) is 9.80 Å². The molecule has 9 nitrogen and oxygen atoms in total. The lowest BCUT2D eigenvalue weighted by Crippen LogP contribution is -2.38. The van der Waals surface area contributed by atoms with E-state index in [-0.39, 0.29) is 11.3 Å². The Morgan fingerprint density at radius 3 is 2.35 bits per heavy atom. The van der Waals surface area contributed by atoms with Gasteiger partial charge in [0.05, 0.1) is 45.7 Å². The summed E-state index contributed by atoms with van der Waals surface area (Å²) in [5.74, 6) is -0.000656. The van der Waals surface area contributed by atoms with Gasteiger partial charge in [-0.1, -0.05) is 12.1 Å². The zero-order valence-corrected chi connectivity index (χ0v) is 21.6. The predicted molar refractivity (Wildman–Crippen MR) is 138 cm³/mol. The fourth-order valence-electron chi connectivity index (χ4n) is 4.80. The summed E-state index contributed by atoms with van der Waals surface area (Å²) in [6.07, 6.45) is 0.691. The van der Waals surface area contributed by atoms with Crippen molar-refractivity contribution in [2.45, 2.75) is 19.4 Å². The maximum atomic E-state index is 13.3. The molecule has 1 unspecified atom stereocenters. The lowest BCUT2D eigenvalue weighted by atomic mass is 9.95. The molecule has 198 valence electrons. The number of hydrogen-bond acceptors (Lipinski definition) is 8. The van der Waals surface area contributed by atoms with Crippen molar-refractivity contribution >= 4 is 17.4 Å². The highest BCUT2D eigenvalue weighted by molar-refractivity contribution is 6.46. The third-order valence-electron chi connectivity index (χ3n) is 6.68. The molecule has 2 aromatic rings. The minimum Gasteiger partial charge on any atom is -0.507 e. The molecule has 2 aromatic carbocycles. The first-order chi connectivity index (χ1) is 18.0. The van der Waals surface area contributed by atoms with Gasteiger partial charge in [-0.3, -0.25) is 14.5 Å². The van der Waals surface area contributed by atoms with Crippen LogP contribution < -0.4 is 14.2 Å². The SMILES string of the molecule is CCOc1ccc(C2C(=C(O)c3ccc(OC)c(OC)c3)C(=O)C(=O)N2CCCN2CCOCC2)cc1. The first-order valence-electron chi connectivity index (χ1n) is 12.5. The summed E-state index contributed by atoms with van der Waals surface area (Å²) in [5, 5.41) is 11.3. The van der Waals surface area contributed by atoms with Crippen molar-refractivity contribution in [3.05, 3.63) is 59.2 Å². The second-order valence-corrected chi connectivity index (χ2v) is 8.87. The van der Waals surface area contributed by atoms with Crippen molar-refractivity contribution in [2.24, 2.45) is 0 Å². The second kappa shape index (κ2) is 12.1. The molecule has 0 aromatic heterocycles. The van der Waals surface area contributed by atoms with E-state index >= 15 is 0 Å². The number of ether oxygens (including phenoxy) is 4. The number of ketones is 1. The fourth-order valence-corrected chi connectivity index (χ4v) is 4.80. The van der Waals surface area contributed by atoms with Gasteiger partial charge in [-0.15, -0.1) is 0 Å². The number of aliphatic hydroxyl groups is 1. The topological polar surface area (TPSA) is 97.8 Å². The molecule has 2 heterocycles. The molecule has 0 saturated carbocycles. The molecule has 37 heavy (non-hydrogen) atoms. The average molecular weight is 511 g/mol. The smallest absolute Gasteiger partial charge is 0.295 e. The van der Waals surface area contributed by atoms with E-state index in [0.29, 0.717) is 55.6 Å². The highest BCUT2D eigenvalue weighted by Gasteiger charge is 2.45. The van der Waals surface area contributed by atoms with Gasteiger partial charge in [-0.25, -0.2) is 0 Å². The number of Topliss-reactive ketones (excluding diaryl/α,β-unsaturated/α-hetero) is 1. The van der Waals surface area contributed by atoms with Gasteiger partial charge in [0.25, 0.3) is 11.7 Å². The lowest BCUT2D eigenvalue weighted by Gasteiger charge is -2.29. The van der Waals surface area contributed by atoms with Gasteiger partial charge in [0.15, 0.2) is 11.5 Å². The van der Waals surface area contributed by atoms with Gasteiger partial charge >= 0.3 is 0 Å². The summed E-state index contributed by atoms with van der Waals surface area (Å²) in [6, 6.07) is 11.4. The summed E-state index contributed by atoms with van der Waals surface area (Å²) < 4.78 is 21.6. The first-order valence-corrected chi connectivity index (χ1v) is 12.5. The van der Waals surface area contributed by atoms with E-state index in [1.165, 1.54) is 14.2 Å². The summed E-state index contributed by atoms with van der Waals surface area (Å²) >= 11 is 0. The van der Waals surface area contributed by atoms with E-state index in [0.717, 1.165) is 25.2 Å². The van der Waals surface area contributed by atoms with E-state index in [1.54, 1.807) is 23.1 Å². The fraction of sp³-hybridized carbons (Fsp3) is 0.429. The van der Waals surface area contributed by atoms with Crippen LogP contribution in [0, 0.1) is 0 Å². The molecule has 1 amide bonds. The Kier molecular flexibility index (Phi) is 8.68. The quantitative estimate of drug-likeness (QED) is 0.296. The van der Waals surface area contributed by atoms with Crippen LogP contribution in [0.4, 0.5) is 0 Å². The van der Waals surface area contributed by atoms with Gasteiger partial charge in [-0.05, 0) is 49.2 Å². The summed E-state index contributed by atoms with van der Waals surface area (Å²) in [5.41, 5.74) is 1.13. The molecule has 1 atom stereocenters. The minimum absolute atomic E-state index is 0.0488. The number of carbonyl (C=O) groups excluding carboxylic acids is 2. The summed E-state index contributed by atoms with van der Waals surface area (Å²) in [7, 11) is 3.01. The molecule has 0 bridgehead atoms. The summed E-state index contributed by atoms with van der Waals surface area (Å²) in [4.78, 5) is 30.4. The molecule has 0 spiro atoms. The van der Waals surface area contributed by atoms with Crippen LogP contribution in [0.2, 0.25) is 0 Å². The van der Waals surface area contributed by atoms with Crippen LogP contribution in [0.1, 0.15) is 30.5 Å². The van der Waals surface area contributed by atoms with Crippen LogP contribution in [0.5, 0.6) is 17.2 Å². The molecular formula is C28H34N2O7. The molecule has 2 aliphatic rings. The number of nitrogens with zero attached hydrogens (tertiary/aromatic N) is 2. The van der Waals surface area contributed by atoms with Crippen LogP contribution in [0.3, 0.4) is 0 Å². The van der Waals surface area contributed by atoms with E-state index in [2.05, 4.69) is 4.90 Å². The molecule has 2 fully saturated rings. The van der Waals surface area contributed by atoms with Crippen LogP contribution in [0.25, 0.3) is 5.76 Å². The van der Waals surface area contributed by atoms with Crippen molar-refractivity contribution in [3.63, 3.8) is 0 Å². The Labute approximate surface area is 217 Å². The Balaban J connectivity index is 1.70. The Hall–Kier alpha value is -3.56. The number of carbonyl (C=O) groups is 2. The highest BCUT2D eigenvalue weighted by atomic mass is 16.5. The normalized spacial score (nSPS) is 19.8. The number of amides is 1. The highest BCUT2D eigenvalue weighted by Crippen LogP contribution is 2.41. The van der Waals surface area contributed by atoms with E-state index in [4.69, 9.17) is 18.9 Å². The Morgan fingerprint density at radius 2 is 1.70 bits per heavy atom. The van der Waals surface area contributed by atoms with Gasteiger partial charge in [0.1, 0.15) is 11.5 Å². The number of rotatable bonds is 10. The maximum absolute atomic E-state index is 13.3. The van der Waals surface area contributed by atoms with Crippen molar-refractivity contribution < 1.29 is 33.6 Å². The minimum atomic E-state index is -0.728. The van der Waals surface area contributed by atoms with Crippen molar-refractivity contribution in [1.29, 1.82) is 0 Å². The monoisotopic (exact) mass is 510 g/mol. The predicted octanol–water partition coefficient (Wildman–Crippen LogP) is 3.25. The molecule has 0 radical (unpaired) electrons. The largest absolute Gasteiger partial charge is 0.507 e.